The first-order valence-corrected chi connectivity index (χ1v) is 13.6. The second-order valence-electron chi connectivity index (χ2n) is 10.6. The number of benzene rings is 3. The number of piperidine rings is 1. The molecule has 2 amide bonds. The van der Waals surface area contributed by atoms with Crippen LogP contribution in [0.1, 0.15) is 44.7 Å². The number of hydrogen-bond donors (Lipinski definition) is 1. The van der Waals surface area contributed by atoms with Crippen LogP contribution in [0.25, 0.3) is 17.2 Å². The van der Waals surface area contributed by atoms with Gasteiger partial charge in [0.25, 0.3) is 0 Å². The van der Waals surface area contributed by atoms with E-state index in [2.05, 4.69) is 49.2 Å². The number of nitrogens with one attached hydrogen (secondary N) is 1. The van der Waals surface area contributed by atoms with Crippen molar-refractivity contribution in [2.24, 2.45) is 0 Å². The summed E-state index contributed by atoms with van der Waals surface area (Å²) in [6, 6.07) is 17.0. The van der Waals surface area contributed by atoms with Crippen molar-refractivity contribution in [1.29, 1.82) is 0 Å². The van der Waals surface area contributed by atoms with Crippen LogP contribution >= 0.6 is 34.8 Å². The number of amides is 2. The van der Waals surface area contributed by atoms with Gasteiger partial charge >= 0.3 is 6.03 Å². The summed E-state index contributed by atoms with van der Waals surface area (Å²) in [7, 11) is 0. The van der Waals surface area contributed by atoms with Crippen LogP contribution < -0.4 is 10.2 Å². The lowest BCUT2D eigenvalue weighted by molar-refractivity contribution is 0.126. The van der Waals surface area contributed by atoms with E-state index in [0.29, 0.717) is 27.3 Å². The van der Waals surface area contributed by atoms with Crippen LogP contribution in [-0.4, -0.2) is 29.6 Å². The lowest BCUT2D eigenvalue weighted by Crippen LogP contribution is -2.44. The molecule has 37 heavy (non-hydrogen) atoms. The summed E-state index contributed by atoms with van der Waals surface area (Å²) in [6.07, 6.45) is 4.28. The quantitative estimate of drug-likeness (QED) is 0.351. The van der Waals surface area contributed by atoms with Gasteiger partial charge in [0.15, 0.2) is 0 Å². The predicted octanol–water partition coefficient (Wildman–Crippen LogP) is 8.95. The van der Waals surface area contributed by atoms with Gasteiger partial charge in [-0.1, -0.05) is 70.7 Å². The van der Waals surface area contributed by atoms with Gasteiger partial charge in [-0.3, -0.25) is 9.80 Å². The molecular formula is C30H30Cl3N3O. The fraction of sp³-hybridized carbons (Fsp3) is 0.300. The summed E-state index contributed by atoms with van der Waals surface area (Å²) >= 11 is 19.8. The topological polar surface area (TPSA) is 35.6 Å². The Morgan fingerprint density at radius 2 is 1.51 bits per heavy atom. The Kier molecular flexibility index (Phi) is 7.30. The molecule has 0 spiro atoms. The van der Waals surface area contributed by atoms with Gasteiger partial charge in [0.05, 0.1) is 21.4 Å². The van der Waals surface area contributed by atoms with Crippen molar-refractivity contribution in [2.75, 3.05) is 18.0 Å². The third kappa shape index (κ3) is 5.26. The van der Waals surface area contributed by atoms with Crippen LogP contribution in [0.15, 0.2) is 60.2 Å². The van der Waals surface area contributed by atoms with Gasteiger partial charge in [-0.05, 0) is 75.1 Å². The maximum atomic E-state index is 13.3. The molecule has 192 valence electrons. The zero-order chi connectivity index (χ0) is 26.3. The molecule has 2 aliphatic heterocycles. The second-order valence-corrected chi connectivity index (χ2v) is 11.8. The molecule has 3 aromatic carbocycles. The van der Waals surface area contributed by atoms with Gasteiger partial charge in [-0.2, -0.15) is 0 Å². The monoisotopic (exact) mass is 553 g/mol. The van der Waals surface area contributed by atoms with Crippen LogP contribution in [-0.2, 0) is 6.54 Å². The Morgan fingerprint density at radius 1 is 0.865 bits per heavy atom. The van der Waals surface area contributed by atoms with Crippen LogP contribution in [0.5, 0.6) is 0 Å². The highest BCUT2D eigenvalue weighted by Crippen LogP contribution is 2.45. The molecule has 1 fully saturated rings. The van der Waals surface area contributed by atoms with Crippen molar-refractivity contribution in [3.05, 3.63) is 86.4 Å². The third-order valence-corrected chi connectivity index (χ3v) is 8.10. The summed E-state index contributed by atoms with van der Waals surface area (Å²) in [4.78, 5) is 17.4. The van der Waals surface area contributed by atoms with E-state index in [1.165, 1.54) is 5.57 Å². The SMILES string of the molecule is CC(C)(C)N1CCC(=Cc2cc(-c3ccccc3Cl)c3c(c2)N(c2c(Cl)cccc2Cl)C(=O)NC3)CC1. The average Bonchev–Trinajstić information content (AvgIpc) is 2.85. The van der Waals surface area contributed by atoms with Crippen molar-refractivity contribution in [2.45, 2.75) is 45.7 Å². The number of nitrogens with zero attached hydrogens (tertiary/aromatic N) is 2. The largest absolute Gasteiger partial charge is 0.333 e. The smallest absolute Gasteiger partial charge is 0.326 e. The molecule has 0 saturated carbocycles. The Morgan fingerprint density at radius 3 is 2.16 bits per heavy atom. The van der Waals surface area contributed by atoms with E-state index in [0.717, 1.165) is 53.9 Å². The van der Waals surface area contributed by atoms with Crippen molar-refractivity contribution in [3.8, 4) is 11.1 Å². The van der Waals surface area contributed by atoms with E-state index in [4.69, 9.17) is 34.8 Å². The molecule has 1 saturated heterocycles. The number of anilines is 2. The number of urea groups is 1. The molecule has 4 nitrogen and oxygen atoms in total. The first-order chi connectivity index (χ1) is 17.6. The maximum absolute atomic E-state index is 13.3. The fourth-order valence-electron chi connectivity index (χ4n) is 5.19. The minimum Gasteiger partial charge on any atom is -0.333 e. The highest BCUT2D eigenvalue weighted by atomic mass is 35.5. The van der Waals surface area contributed by atoms with Crippen molar-refractivity contribution in [3.63, 3.8) is 0 Å². The van der Waals surface area contributed by atoms with Gasteiger partial charge in [-0.15, -0.1) is 0 Å². The molecule has 7 heteroatoms. The number of para-hydroxylation sites is 1. The minimum atomic E-state index is -0.268. The summed E-state index contributed by atoms with van der Waals surface area (Å²) in [5, 5.41) is 4.48. The summed E-state index contributed by atoms with van der Waals surface area (Å²) in [5.74, 6) is 0. The molecule has 0 atom stereocenters. The number of likely N-dealkylation sites (tertiary alicyclic amines) is 1. The van der Waals surface area contributed by atoms with Gasteiger partial charge in [0.2, 0.25) is 0 Å². The second kappa shape index (κ2) is 10.3. The first-order valence-electron chi connectivity index (χ1n) is 12.5. The molecule has 0 aromatic heterocycles. The average molecular weight is 555 g/mol. The zero-order valence-corrected chi connectivity index (χ0v) is 23.5. The molecule has 0 unspecified atom stereocenters. The number of halogens is 3. The number of rotatable bonds is 3. The molecular weight excluding hydrogens is 525 g/mol. The summed E-state index contributed by atoms with van der Waals surface area (Å²) in [6.45, 7) is 9.23. The molecule has 2 heterocycles. The number of carbonyl (C=O) groups is 1. The Bertz CT molecular complexity index is 1360. The Balaban J connectivity index is 1.66. The molecule has 1 N–H and O–H groups in total. The lowest BCUT2D eigenvalue weighted by atomic mass is 9.91. The Hall–Kier alpha value is -2.50. The van der Waals surface area contributed by atoms with Crippen molar-refractivity contribution < 1.29 is 4.79 Å². The van der Waals surface area contributed by atoms with E-state index in [1.807, 2.05) is 24.3 Å². The molecule has 3 aromatic rings. The zero-order valence-electron chi connectivity index (χ0n) is 21.2. The summed E-state index contributed by atoms with van der Waals surface area (Å²) < 4.78 is 0. The number of carbonyl (C=O) groups excluding carboxylic acids is 1. The van der Waals surface area contributed by atoms with Gasteiger partial charge in [-0.25, -0.2) is 4.79 Å². The molecule has 2 aliphatic rings. The van der Waals surface area contributed by atoms with Crippen LogP contribution in [0.4, 0.5) is 16.2 Å². The number of fused-ring (bicyclic) bond motifs is 1. The number of hydrogen-bond acceptors (Lipinski definition) is 2. The standard InChI is InChI=1S/C30H30Cl3N3O/c1-30(2,3)35-13-11-19(12-14-35)15-20-16-22(21-7-4-5-8-24(21)31)23-18-34-29(37)36(27(23)17-20)28-25(32)9-6-10-26(28)33/h4-10,15-17H,11-14,18H2,1-3H3,(H,34,37). The van der Waals surface area contributed by atoms with E-state index in [1.54, 1.807) is 23.1 Å². The van der Waals surface area contributed by atoms with Crippen LogP contribution in [0.3, 0.4) is 0 Å². The van der Waals surface area contributed by atoms with E-state index >= 15 is 0 Å². The predicted molar refractivity (Wildman–Crippen MR) is 156 cm³/mol. The highest BCUT2D eigenvalue weighted by molar-refractivity contribution is 6.40. The van der Waals surface area contributed by atoms with E-state index < -0.39 is 0 Å². The fourth-order valence-corrected chi connectivity index (χ4v) is 5.99. The molecule has 0 radical (unpaired) electrons. The summed E-state index contributed by atoms with van der Waals surface area (Å²) in [5.41, 5.74) is 6.68. The molecule has 5 rings (SSSR count). The first kappa shape index (κ1) is 26.1. The van der Waals surface area contributed by atoms with E-state index in [-0.39, 0.29) is 11.6 Å². The minimum absolute atomic E-state index is 0.163. The van der Waals surface area contributed by atoms with Crippen LogP contribution in [0.2, 0.25) is 15.1 Å². The van der Waals surface area contributed by atoms with Crippen LogP contribution in [0, 0.1) is 0 Å². The highest BCUT2D eigenvalue weighted by Gasteiger charge is 2.31. The van der Waals surface area contributed by atoms with Crippen molar-refractivity contribution in [1.82, 2.24) is 10.2 Å². The lowest BCUT2D eigenvalue weighted by Gasteiger charge is -2.39. The van der Waals surface area contributed by atoms with Gasteiger partial charge in [0.1, 0.15) is 0 Å². The maximum Gasteiger partial charge on any atom is 0.326 e. The normalized spacial score (nSPS) is 16.4. The van der Waals surface area contributed by atoms with Gasteiger partial charge in [0, 0.05) is 41.3 Å². The third-order valence-electron chi connectivity index (χ3n) is 7.16. The molecule has 0 bridgehead atoms. The Labute approximate surface area is 233 Å². The van der Waals surface area contributed by atoms with E-state index in [9.17, 15) is 4.79 Å². The van der Waals surface area contributed by atoms with Crippen molar-refractivity contribution >= 4 is 58.3 Å². The molecule has 0 aliphatic carbocycles. The van der Waals surface area contributed by atoms with Gasteiger partial charge < -0.3 is 5.32 Å².